The Morgan fingerprint density at radius 1 is 1.42 bits per heavy atom. The van der Waals surface area contributed by atoms with Crippen molar-refractivity contribution in [3.05, 3.63) is 22.7 Å². The lowest BCUT2D eigenvalue weighted by molar-refractivity contribution is 0.402. The molecule has 0 fully saturated rings. The summed E-state index contributed by atoms with van der Waals surface area (Å²) in [4.78, 5) is 0.126. The van der Waals surface area contributed by atoms with Crippen LogP contribution in [-0.4, -0.2) is 22.1 Å². The van der Waals surface area contributed by atoms with E-state index in [1.165, 1.54) is 13.2 Å². The summed E-state index contributed by atoms with van der Waals surface area (Å²) in [7, 11) is -2.13. The minimum atomic E-state index is -3.57. The Kier molecular flexibility index (Phi) is 6.35. The third-order valence-electron chi connectivity index (χ3n) is 2.46. The minimum Gasteiger partial charge on any atom is -0.495 e. The zero-order valence-corrected chi connectivity index (χ0v) is 13.1. The molecule has 0 saturated heterocycles. The highest BCUT2D eigenvalue weighted by atomic mass is 79.9. The van der Waals surface area contributed by atoms with Gasteiger partial charge in [-0.3, -0.25) is 0 Å². The van der Waals surface area contributed by atoms with Crippen LogP contribution in [0.25, 0.3) is 0 Å². The fourth-order valence-corrected chi connectivity index (χ4v) is 3.28. The van der Waals surface area contributed by atoms with Crippen molar-refractivity contribution in [1.29, 1.82) is 0 Å². The molecule has 0 atom stereocenters. The Bertz CT molecular complexity index is 564. The van der Waals surface area contributed by atoms with Gasteiger partial charge in [0.1, 0.15) is 10.6 Å². The van der Waals surface area contributed by atoms with Crippen LogP contribution in [0.1, 0.15) is 19.3 Å². The van der Waals surface area contributed by atoms with Gasteiger partial charge in [-0.25, -0.2) is 13.1 Å². The second-order valence-electron chi connectivity index (χ2n) is 3.85. The van der Waals surface area contributed by atoms with Gasteiger partial charge in [0.05, 0.1) is 7.11 Å². The number of terminal acetylenes is 1. The summed E-state index contributed by atoms with van der Waals surface area (Å²) in [5.41, 5.74) is 0. The lowest BCUT2D eigenvalue weighted by Gasteiger charge is -2.10. The zero-order valence-electron chi connectivity index (χ0n) is 10.6. The molecule has 0 aromatic heterocycles. The Morgan fingerprint density at radius 3 is 2.79 bits per heavy atom. The quantitative estimate of drug-likeness (QED) is 0.610. The van der Waals surface area contributed by atoms with Gasteiger partial charge in [-0.05, 0) is 31.0 Å². The molecule has 1 rings (SSSR count). The van der Waals surface area contributed by atoms with Crippen LogP contribution < -0.4 is 9.46 Å². The molecule has 0 heterocycles. The molecule has 0 aliphatic rings. The molecular formula is C13H16BrNO3S. The molecule has 0 spiro atoms. The van der Waals surface area contributed by atoms with E-state index in [0.717, 1.165) is 6.42 Å². The Balaban J connectivity index is 2.77. The van der Waals surface area contributed by atoms with Crippen LogP contribution in [-0.2, 0) is 10.0 Å². The monoisotopic (exact) mass is 345 g/mol. The standard InChI is InChI=1S/C13H16BrNO3S/c1-3-4-5-6-9-15-19(16,17)13-10-11(14)7-8-12(13)18-2/h1,7-8,10,15H,4-6,9H2,2H3. The zero-order chi connectivity index (χ0) is 14.3. The van der Waals surface area contributed by atoms with Gasteiger partial charge in [0.15, 0.2) is 0 Å². The number of nitrogens with one attached hydrogen (secondary N) is 1. The fourth-order valence-electron chi connectivity index (χ4n) is 1.50. The molecule has 19 heavy (non-hydrogen) atoms. The highest BCUT2D eigenvalue weighted by molar-refractivity contribution is 9.10. The van der Waals surface area contributed by atoms with Gasteiger partial charge in [-0.1, -0.05) is 15.9 Å². The second-order valence-corrected chi connectivity index (χ2v) is 6.51. The van der Waals surface area contributed by atoms with E-state index in [4.69, 9.17) is 11.2 Å². The summed E-state index contributed by atoms with van der Waals surface area (Å²) in [5.74, 6) is 2.84. The summed E-state index contributed by atoms with van der Waals surface area (Å²) >= 11 is 3.25. The SMILES string of the molecule is C#CCCCCNS(=O)(=O)c1cc(Br)ccc1OC. The van der Waals surface area contributed by atoms with Gasteiger partial charge in [0, 0.05) is 17.4 Å². The lowest BCUT2D eigenvalue weighted by atomic mass is 10.2. The summed E-state index contributed by atoms with van der Waals surface area (Å²) in [6.07, 6.45) is 7.29. The van der Waals surface area contributed by atoms with Crippen LogP contribution in [0.3, 0.4) is 0 Å². The van der Waals surface area contributed by atoms with E-state index in [1.807, 2.05) is 0 Å². The molecule has 1 aromatic carbocycles. The maximum absolute atomic E-state index is 12.1. The van der Waals surface area contributed by atoms with Crippen molar-refractivity contribution in [3.8, 4) is 18.1 Å². The van der Waals surface area contributed by atoms with Gasteiger partial charge >= 0.3 is 0 Å². The number of methoxy groups -OCH3 is 1. The van der Waals surface area contributed by atoms with Crippen molar-refractivity contribution >= 4 is 26.0 Å². The third-order valence-corrected chi connectivity index (χ3v) is 4.43. The van der Waals surface area contributed by atoms with E-state index in [0.29, 0.717) is 29.6 Å². The van der Waals surface area contributed by atoms with Crippen molar-refractivity contribution in [1.82, 2.24) is 4.72 Å². The maximum atomic E-state index is 12.1. The highest BCUT2D eigenvalue weighted by Gasteiger charge is 2.19. The number of hydrogen-bond acceptors (Lipinski definition) is 3. The molecule has 0 radical (unpaired) electrons. The number of ether oxygens (including phenoxy) is 1. The van der Waals surface area contributed by atoms with Crippen molar-refractivity contribution in [2.24, 2.45) is 0 Å². The first-order valence-electron chi connectivity index (χ1n) is 5.78. The number of unbranched alkanes of at least 4 members (excludes halogenated alkanes) is 2. The molecule has 0 amide bonds. The van der Waals surface area contributed by atoms with Gasteiger partial charge in [-0.2, -0.15) is 0 Å². The topological polar surface area (TPSA) is 55.4 Å². The molecule has 1 aromatic rings. The van der Waals surface area contributed by atoms with E-state index in [1.54, 1.807) is 12.1 Å². The molecule has 1 N–H and O–H groups in total. The Hall–Kier alpha value is -1.03. The second kappa shape index (κ2) is 7.53. The molecule has 0 saturated carbocycles. The van der Waals surface area contributed by atoms with Crippen LogP contribution >= 0.6 is 15.9 Å². The third kappa shape index (κ3) is 4.86. The lowest BCUT2D eigenvalue weighted by Crippen LogP contribution is -2.25. The van der Waals surface area contributed by atoms with E-state index in [2.05, 4.69) is 26.6 Å². The van der Waals surface area contributed by atoms with E-state index < -0.39 is 10.0 Å². The van der Waals surface area contributed by atoms with Crippen LogP contribution in [0.4, 0.5) is 0 Å². The Labute approximate surface area is 122 Å². The van der Waals surface area contributed by atoms with E-state index >= 15 is 0 Å². The van der Waals surface area contributed by atoms with E-state index in [9.17, 15) is 8.42 Å². The first kappa shape index (κ1) is 16.0. The van der Waals surface area contributed by atoms with Crippen LogP contribution in [0.2, 0.25) is 0 Å². The summed E-state index contributed by atoms with van der Waals surface area (Å²) in [6.45, 7) is 0.361. The molecule has 4 nitrogen and oxygen atoms in total. The van der Waals surface area contributed by atoms with Crippen molar-refractivity contribution in [2.75, 3.05) is 13.7 Å². The smallest absolute Gasteiger partial charge is 0.244 e. The molecule has 6 heteroatoms. The van der Waals surface area contributed by atoms with Crippen molar-refractivity contribution in [3.63, 3.8) is 0 Å². The summed E-state index contributed by atoms with van der Waals surface area (Å²) < 4.78 is 32.6. The van der Waals surface area contributed by atoms with Gasteiger partial charge in [0.25, 0.3) is 0 Å². The predicted octanol–water partition coefficient (Wildman–Crippen LogP) is 2.54. The molecule has 0 aliphatic carbocycles. The van der Waals surface area contributed by atoms with Crippen LogP contribution in [0, 0.1) is 12.3 Å². The van der Waals surface area contributed by atoms with E-state index in [-0.39, 0.29) is 4.90 Å². The number of benzene rings is 1. The van der Waals surface area contributed by atoms with Crippen molar-refractivity contribution < 1.29 is 13.2 Å². The fraction of sp³-hybridized carbons (Fsp3) is 0.385. The van der Waals surface area contributed by atoms with Gasteiger partial charge in [0.2, 0.25) is 10.0 Å². The highest BCUT2D eigenvalue weighted by Crippen LogP contribution is 2.26. The average Bonchev–Trinajstić information content (AvgIpc) is 2.38. The number of halogens is 1. The largest absolute Gasteiger partial charge is 0.495 e. The van der Waals surface area contributed by atoms with Crippen LogP contribution in [0.15, 0.2) is 27.6 Å². The molecular weight excluding hydrogens is 330 g/mol. The Morgan fingerprint density at radius 2 is 2.16 bits per heavy atom. The van der Waals surface area contributed by atoms with Crippen LogP contribution in [0.5, 0.6) is 5.75 Å². The maximum Gasteiger partial charge on any atom is 0.244 e. The number of rotatable bonds is 7. The normalized spacial score (nSPS) is 11.0. The molecule has 0 unspecified atom stereocenters. The van der Waals surface area contributed by atoms with Crippen molar-refractivity contribution in [2.45, 2.75) is 24.2 Å². The minimum absolute atomic E-state index is 0.126. The first-order chi connectivity index (χ1) is 9.01. The molecule has 0 bridgehead atoms. The first-order valence-corrected chi connectivity index (χ1v) is 8.05. The van der Waals surface area contributed by atoms with Gasteiger partial charge < -0.3 is 4.74 Å². The number of sulfonamides is 1. The summed E-state index contributed by atoms with van der Waals surface area (Å²) in [5, 5.41) is 0. The number of hydrogen-bond donors (Lipinski definition) is 1. The molecule has 104 valence electrons. The predicted molar refractivity (Wildman–Crippen MR) is 78.6 cm³/mol. The molecule has 0 aliphatic heterocycles. The van der Waals surface area contributed by atoms with Gasteiger partial charge in [-0.15, -0.1) is 12.3 Å². The summed E-state index contributed by atoms with van der Waals surface area (Å²) in [6, 6.07) is 4.85. The average molecular weight is 346 g/mol.